The first-order chi connectivity index (χ1) is 8.59. The number of pyridine rings is 1. The van der Waals surface area contributed by atoms with Gasteiger partial charge in [-0.1, -0.05) is 28.1 Å². The van der Waals surface area contributed by atoms with Gasteiger partial charge in [0.1, 0.15) is 0 Å². The second kappa shape index (κ2) is 5.10. The smallest absolute Gasteiger partial charge is 0.376 e. The summed E-state index contributed by atoms with van der Waals surface area (Å²) in [5, 5.41) is 9.40. The standard InChI is InChI=1S/C13H8BrNO3/c14-10-5-3-8(4-6-11(16)13(17)18)12-9(10)2-1-7-15-12/h1-7H,(H,17,18)/b6-4+. The first-order valence-electron chi connectivity index (χ1n) is 5.08. The predicted molar refractivity (Wildman–Crippen MR) is 71.1 cm³/mol. The summed E-state index contributed by atoms with van der Waals surface area (Å²) >= 11 is 3.41. The highest BCUT2D eigenvalue weighted by atomic mass is 79.9. The number of aliphatic carboxylic acids is 1. The minimum absolute atomic E-state index is 0.698. The molecule has 5 heteroatoms. The molecule has 0 aliphatic carbocycles. The summed E-state index contributed by atoms with van der Waals surface area (Å²) in [7, 11) is 0. The zero-order valence-electron chi connectivity index (χ0n) is 9.13. The predicted octanol–water partition coefficient (Wildman–Crippen LogP) is 2.66. The van der Waals surface area contributed by atoms with Gasteiger partial charge in [-0.15, -0.1) is 0 Å². The molecule has 0 unspecified atom stereocenters. The summed E-state index contributed by atoms with van der Waals surface area (Å²) in [4.78, 5) is 25.6. The number of hydrogen-bond donors (Lipinski definition) is 1. The Kier molecular flexibility index (Phi) is 3.53. The monoisotopic (exact) mass is 305 g/mol. The molecule has 1 N–H and O–H groups in total. The SMILES string of the molecule is O=C(O)C(=O)/C=C/c1ccc(Br)c2cccnc12. The summed E-state index contributed by atoms with van der Waals surface area (Å²) in [5.41, 5.74) is 1.41. The number of fused-ring (bicyclic) bond motifs is 1. The number of carboxylic acids is 1. The van der Waals surface area contributed by atoms with Crippen molar-refractivity contribution in [2.45, 2.75) is 0 Å². The number of hydrogen-bond acceptors (Lipinski definition) is 3. The molecule has 0 fully saturated rings. The van der Waals surface area contributed by atoms with Crippen molar-refractivity contribution < 1.29 is 14.7 Å². The molecule has 0 saturated carbocycles. The van der Waals surface area contributed by atoms with Crippen LogP contribution in [0.15, 0.2) is 41.0 Å². The van der Waals surface area contributed by atoms with Gasteiger partial charge < -0.3 is 5.11 Å². The lowest BCUT2D eigenvalue weighted by atomic mass is 10.1. The van der Waals surface area contributed by atoms with E-state index < -0.39 is 11.8 Å². The van der Waals surface area contributed by atoms with E-state index >= 15 is 0 Å². The second-order valence-electron chi connectivity index (χ2n) is 3.54. The number of carbonyl (C=O) groups is 2. The molecule has 0 saturated heterocycles. The number of carboxylic acid groups (broad SMARTS) is 1. The maximum Gasteiger partial charge on any atom is 0.376 e. The van der Waals surface area contributed by atoms with Gasteiger partial charge in [-0.05, 0) is 24.3 Å². The van der Waals surface area contributed by atoms with Gasteiger partial charge in [-0.3, -0.25) is 9.78 Å². The molecule has 90 valence electrons. The van der Waals surface area contributed by atoms with Gasteiger partial charge >= 0.3 is 5.97 Å². The van der Waals surface area contributed by atoms with E-state index in [1.54, 1.807) is 12.3 Å². The number of aromatic nitrogens is 1. The van der Waals surface area contributed by atoms with Crippen LogP contribution in [0.3, 0.4) is 0 Å². The first kappa shape index (κ1) is 12.4. The molecule has 0 spiro atoms. The largest absolute Gasteiger partial charge is 0.475 e. The Labute approximate surface area is 111 Å². The van der Waals surface area contributed by atoms with Crippen LogP contribution in [0.4, 0.5) is 0 Å². The lowest BCUT2D eigenvalue weighted by Gasteiger charge is -2.02. The molecule has 0 atom stereocenters. The van der Waals surface area contributed by atoms with Crippen molar-refractivity contribution in [3.63, 3.8) is 0 Å². The number of ketones is 1. The number of rotatable bonds is 3. The van der Waals surface area contributed by atoms with Crippen molar-refractivity contribution in [1.29, 1.82) is 0 Å². The first-order valence-corrected chi connectivity index (χ1v) is 5.87. The minimum Gasteiger partial charge on any atom is -0.475 e. The maximum absolute atomic E-state index is 11.0. The summed E-state index contributed by atoms with van der Waals surface area (Å²) in [6.45, 7) is 0. The fourth-order valence-corrected chi connectivity index (χ4v) is 1.98. The summed E-state index contributed by atoms with van der Waals surface area (Å²) in [6, 6.07) is 7.30. The molecule has 1 aromatic carbocycles. The normalized spacial score (nSPS) is 10.9. The van der Waals surface area contributed by atoms with Crippen molar-refractivity contribution in [1.82, 2.24) is 4.98 Å². The number of nitrogens with zero attached hydrogens (tertiary/aromatic N) is 1. The zero-order chi connectivity index (χ0) is 13.1. The quantitative estimate of drug-likeness (QED) is 0.699. The van der Waals surface area contributed by atoms with Crippen LogP contribution in [-0.2, 0) is 9.59 Å². The van der Waals surface area contributed by atoms with E-state index in [2.05, 4.69) is 20.9 Å². The Morgan fingerprint density at radius 3 is 2.78 bits per heavy atom. The highest BCUT2D eigenvalue weighted by molar-refractivity contribution is 9.10. The van der Waals surface area contributed by atoms with E-state index in [1.165, 1.54) is 6.08 Å². The summed E-state index contributed by atoms with van der Waals surface area (Å²) < 4.78 is 0.896. The van der Waals surface area contributed by atoms with Gasteiger partial charge in [0.25, 0.3) is 5.78 Å². The molecule has 4 nitrogen and oxygen atoms in total. The van der Waals surface area contributed by atoms with Crippen molar-refractivity contribution in [3.8, 4) is 0 Å². The highest BCUT2D eigenvalue weighted by Gasteiger charge is 2.07. The van der Waals surface area contributed by atoms with Crippen LogP contribution in [-0.4, -0.2) is 21.8 Å². The Bertz CT molecular complexity index is 664. The van der Waals surface area contributed by atoms with Crippen LogP contribution in [0.25, 0.3) is 17.0 Å². The fourth-order valence-electron chi connectivity index (χ4n) is 1.53. The Hall–Kier alpha value is -2.01. The van der Waals surface area contributed by atoms with E-state index in [-0.39, 0.29) is 0 Å². The van der Waals surface area contributed by atoms with E-state index in [0.29, 0.717) is 11.1 Å². The summed E-state index contributed by atoms with van der Waals surface area (Å²) in [6.07, 6.45) is 4.13. The van der Waals surface area contributed by atoms with Gasteiger partial charge in [-0.2, -0.15) is 0 Å². The average Bonchev–Trinajstić information content (AvgIpc) is 2.38. The van der Waals surface area contributed by atoms with Crippen molar-refractivity contribution in [2.75, 3.05) is 0 Å². The number of carbonyl (C=O) groups excluding carboxylic acids is 1. The van der Waals surface area contributed by atoms with Gasteiger partial charge in [0.2, 0.25) is 0 Å². The molecular formula is C13H8BrNO3. The zero-order valence-corrected chi connectivity index (χ0v) is 10.7. The van der Waals surface area contributed by atoms with Gasteiger partial charge in [0.05, 0.1) is 5.52 Å². The fraction of sp³-hybridized carbons (Fsp3) is 0. The van der Waals surface area contributed by atoms with Crippen molar-refractivity contribution >= 4 is 44.7 Å². The van der Waals surface area contributed by atoms with Gasteiger partial charge in [-0.25, -0.2) is 4.79 Å². The molecule has 2 aromatic rings. The molecule has 2 rings (SSSR count). The number of halogens is 1. The average molecular weight is 306 g/mol. The molecule has 18 heavy (non-hydrogen) atoms. The third kappa shape index (κ3) is 2.46. The molecule has 0 amide bonds. The van der Waals surface area contributed by atoms with Crippen molar-refractivity contribution in [3.05, 3.63) is 46.6 Å². The molecule has 1 heterocycles. The van der Waals surface area contributed by atoms with Crippen LogP contribution in [0.5, 0.6) is 0 Å². The van der Waals surface area contributed by atoms with Crippen LogP contribution in [0, 0.1) is 0 Å². The van der Waals surface area contributed by atoms with Crippen molar-refractivity contribution in [2.24, 2.45) is 0 Å². The van der Waals surface area contributed by atoms with E-state index in [1.807, 2.05) is 18.2 Å². The highest BCUT2D eigenvalue weighted by Crippen LogP contribution is 2.25. The minimum atomic E-state index is -1.47. The molecule has 1 aromatic heterocycles. The van der Waals surface area contributed by atoms with E-state index in [9.17, 15) is 9.59 Å². The van der Waals surface area contributed by atoms with E-state index in [0.717, 1.165) is 15.9 Å². The Morgan fingerprint density at radius 1 is 1.28 bits per heavy atom. The summed E-state index contributed by atoms with van der Waals surface area (Å²) in [5.74, 6) is -2.43. The maximum atomic E-state index is 11.0. The molecular weight excluding hydrogens is 298 g/mol. The van der Waals surface area contributed by atoms with Crippen LogP contribution < -0.4 is 0 Å². The molecule has 0 radical (unpaired) electrons. The van der Waals surface area contributed by atoms with Gasteiger partial charge in [0, 0.05) is 21.6 Å². The third-order valence-electron chi connectivity index (χ3n) is 2.37. The molecule has 0 aliphatic rings. The van der Waals surface area contributed by atoms with Crippen LogP contribution in [0.2, 0.25) is 0 Å². The second-order valence-corrected chi connectivity index (χ2v) is 4.39. The van der Waals surface area contributed by atoms with Gasteiger partial charge in [0.15, 0.2) is 0 Å². The molecule has 0 aliphatic heterocycles. The van der Waals surface area contributed by atoms with E-state index in [4.69, 9.17) is 5.11 Å². The topological polar surface area (TPSA) is 67.3 Å². The lowest BCUT2D eigenvalue weighted by Crippen LogP contribution is -2.08. The molecule has 0 bridgehead atoms. The van der Waals surface area contributed by atoms with Crippen LogP contribution in [0.1, 0.15) is 5.56 Å². The lowest BCUT2D eigenvalue weighted by molar-refractivity contribution is -0.146. The third-order valence-corrected chi connectivity index (χ3v) is 3.06. The van der Waals surface area contributed by atoms with Crippen LogP contribution >= 0.6 is 15.9 Å². The Balaban J connectivity index is 2.50. The number of benzene rings is 1. The Morgan fingerprint density at radius 2 is 2.06 bits per heavy atom.